The van der Waals surface area contributed by atoms with Crippen molar-refractivity contribution in [3.05, 3.63) is 65.1 Å². The number of nitrogens with one attached hydrogen (secondary N) is 1. The third-order valence-corrected chi connectivity index (χ3v) is 5.86. The summed E-state index contributed by atoms with van der Waals surface area (Å²) in [6.07, 6.45) is 2.78. The first-order valence-electron chi connectivity index (χ1n) is 9.25. The molecular formula is C21H26N2O6S. The number of aliphatic carboxylic acids is 1. The van der Waals surface area contributed by atoms with E-state index in [1.807, 2.05) is 19.1 Å². The largest absolute Gasteiger partial charge is 0.481 e. The lowest BCUT2D eigenvalue weighted by Gasteiger charge is -2.19. The Bertz CT molecular complexity index is 1050. The summed E-state index contributed by atoms with van der Waals surface area (Å²) in [5.41, 5.74) is 1.56. The van der Waals surface area contributed by atoms with Gasteiger partial charge in [0.25, 0.3) is 5.91 Å². The van der Waals surface area contributed by atoms with Crippen molar-refractivity contribution in [3.8, 4) is 0 Å². The molecule has 0 spiro atoms. The first kappa shape index (κ1) is 23.2. The number of carbonyl (C=O) groups is 2. The van der Waals surface area contributed by atoms with Crippen LogP contribution in [0.15, 0.2) is 52.1 Å². The highest BCUT2D eigenvalue weighted by Gasteiger charge is 2.26. The highest BCUT2D eigenvalue weighted by Crippen LogP contribution is 2.24. The molecule has 0 aliphatic carbocycles. The monoisotopic (exact) mass is 434 g/mol. The minimum Gasteiger partial charge on any atom is -0.481 e. The Hall–Kier alpha value is -3.07. The van der Waals surface area contributed by atoms with Crippen LogP contribution in [0.3, 0.4) is 0 Å². The highest BCUT2D eigenvalue weighted by atomic mass is 32.2. The van der Waals surface area contributed by atoms with E-state index in [-0.39, 0.29) is 28.6 Å². The predicted octanol–water partition coefficient (Wildman–Crippen LogP) is 2.69. The van der Waals surface area contributed by atoms with Gasteiger partial charge in [0.2, 0.25) is 14.9 Å². The van der Waals surface area contributed by atoms with Crippen molar-refractivity contribution < 1.29 is 27.5 Å². The van der Waals surface area contributed by atoms with Gasteiger partial charge in [0.1, 0.15) is 5.76 Å². The summed E-state index contributed by atoms with van der Waals surface area (Å²) < 4.78 is 30.3. The number of carboxylic acids is 1. The fraction of sp³-hybridized carbons (Fsp3) is 0.333. The van der Waals surface area contributed by atoms with E-state index in [0.29, 0.717) is 5.56 Å². The van der Waals surface area contributed by atoms with Gasteiger partial charge in [0.15, 0.2) is 0 Å². The van der Waals surface area contributed by atoms with Crippen molar-refractivity contribution in [2.75, 3.05) is 19.8 Å². The number of rotatable bonds is 9. The van der Waals surface area contributed by atoms with Crippen LogP contribution < -0.4 is 5.32 Å². The lowest BCUT2D eigenvalue weighted by atomic mass is 9.98. The van der Waals surface area contributed by atoms with Gasteiger partial charge in [-0.3, -0.25) is 9.59 Å². The standard InChI is InChI=1S/C21H26N2O6S/c1-14-8-5-6-9-16(14)18(13-19(24)25)22-21(26)17-12-20(29-15(17)2)30(27,28)11-7-10-23(3)4/h5-10,12,18H,11,13H2,1-4H3,(H,22,26)(H,24,25). The molecule has 1 heterocycles. The van der Waals surface area contributed by atoms with Crippen LogP contribution in [-0.2, 0) is 14.6 Å². The van der Waals surface area contributed by atoms with E-state index in [1.54, 1.807) is 37.3 Å². The van der Waals surface area contributed by atoms with Crippen molar-refractivity contribution >= 4 is 21.7 Å². The number of sulfone groups is 1. The molecule has 2 rings (SSSR count). The summed E-state index contributed by atoms with van der Waals surface area (Å²) >= 11 is 0. The van der Waals surface area contributed by atoms with E-state index >= 15 is 0 Å². The maximum atomic E-state index is 12.8. The van der Waals surface area contributed by atoms with E-state index in [1.165, 1.54) is 19.1 Å². The lowest BCUT2D eigenvalue weighted by molar-refractivity contribution is -0.137. The number of nitrogens with zero attached hydrogens (tertiary/aromatic N) is 1. The van der Waals surface area contributed by atoms with Crippen molar-refractivity contribution in [1.82, 2.24) is 10.2 Å². The number of benzene rings is 1. The van der Waals surface area contributed by atoms with Crippen LogP contribution in [0.2, 0.25) is 0 Å². The number of aryl methyl sites for hydroxylation is 2. The molecule has 0 aliphatic heterocycles. The predicted molar refractivity (Wildman–Crippen MR) is 112 cm³/mol. The van der Waals surface area contributed by atoms with Gasteiger partial charge in [-0.25, -0.2) is 8.42 Å². The van der Waals surface area contributed by atoms with Gasteiger partial charge in [-0.1, -0.05) is 30.3 Å². The molecule has 0 bridgehead atoms. The number of amides is 1. The van der Waals surface area contributed by atoms with E-state index in [4.69, 9.17) is 4.42 Å². The lowest BCUT2D eigenvalue weighted by Crippen LogP contribution is -2.30. The molecule has 0 saturated heterocycles. The summed E-state index contributed by atoms with van der Waals surface area (Å²) in [5.74, 6) is -1.80. The van der Waals surface area contributed by atoms with Crippen LogP contribution in [0.25, 0.3) is 0 Å². The summed E-state index contributed by atoms with van der Waals surface area (Å²) in [6, 6.07) is 7.57. The minimum absolute atomic E-state index is 0.0501. The molecule has 9 heteroatoms. The Labute approximate surface area is 176 Å². The Kier molecular flexibility index (Phi) is 7.44. The Balaban J connectivity index is 2.27. The normalized spacial score (nSPS) is 12.7. The first-order chi connectivity index (χ1) is 14.0. The Morgan fingerprint density at radius 2 is 1.90 bits per heavy atom. The molecule has 0 aliphatic rings. The third-order valence-electron chi connectivity index (χ3n) is 4.41. The molecular weight excluding hydrogens is 408 g/mol. The van der Waals surface area contributed by atoms with E-state index < -0.39 is 27.8 Å². The highest BCUT2D eigenvalue weighted by molar-refractivity contribution is 7.91. The van der Waals surface area contributed by atoms with Gasteiger partial charge in [-0.2, -0.15) is 0 Å². The molecule has 0 radical (unpaired) electrons. The van der Waals surface area contributed by atoms with Crippen LogP contribution in [0, 0.1) is 13.8 Å². The topological polar surface area (TPSA) is 117 Å². The average molecular weight is 435 g/mol. The van der Waals surface area contributed by atoms with Gasteiger partial charge in [0, 0.05) is 20.2 Å². The van der Waals surface area contributed by atoms with Gasteiger partial charge < -0.3 is 19.7 Å². The molecule has 2 aromatic rings. The van der Waals surface area contributed by atoms with Crippen molar-refractivity contribution in [3.63, 3.8) is 0 Å². The van der Waals surface area contributed by atoms with Crippen LogP contribution in [0.5, 0.6) is 0 Å². The van der Waals surface area contributed by atoms with E-state index in [9.17, 15) is 23.1 Å². The molecule has 1 unspecified atom stereocenters. The summed E-state index contributed by atoms with van der Waals surface area (Å²) in [6.45, 7) is 3.31. The van der Waals surface area contributed by atoms with Crippen LogP contribution in [0.1, 0.15) is 39.7 Å². The zero-order valence-corrected chi connectivity index (χ0v) is 18.2. The molecule has 2 N–H and O–H groups in total. The number of hydrogen-bond donors (Lipinski definition) is 2. The quantitative estimate of drug-likeness (QED) is 0.623. The number of carbonyl (C=O) groups excluding carboxylic acids is 1. The van der Waals surface area contributed by atoms with Crippen LogP contribution >= 0.6 is 0 Å². The summed E-state index contributed by atoms with van der Waals surface area (Å²) in [5, 5.41) is 11.6. The van der Waals surface area contributed by atoms with Gasteiger partial charge in [-0.05, 0) is 31.2 Å². The minimum atomic E-state index is -3.75. The maximum absolute atomic E-state index is 12.8. The Morgan fingerprint density at radius 3 is 2.50 bits per heavy atom. The van der Waals surface area contributed by atoms with Gasteiger partial charge in [-0.15, -0.1) is 0 Å². The van der Waals surface area contributed by atoms with E-state index in [0.717, 1.165) is 5.56 Å². The second kappa shape index (κ2) is 9.62. The van der Waals surface area contributed by atoms with Gasteiger partial charge >= 0.3 is 5.97 Å². The smallest absolute Gasteiger partial charge is 0.305 e. The van der Waals surface area contributed by atoms with Crippen LogP contribution in [0.4, 0.5) is 0 Å². The third kappa shape index (κ3) is 5.96. The molecule has 1 aromatic carbocycles. The first-order valence-corrected chi connectivity index (χ1v) is 10.9. The summed E-state index contributed by atoms with van der Waals surface area (Å²) in [4.78, 5) is 25.8. The zero-order valence-electron chi connectivity index (χ0n) is 17.4. The maximum Gasteiger partial charge on any atom is 0.305 e. The molecule has 8 nitrogen and oxygen atoms in total. The SMILES string of the molecule is Cc1ccccc1C(CC(=O)O)NC(=O)c1cc(S(=O)(=O)CC=CN(C)C)oc1C. The molecule has 30 heavy (non-hydrogen) atoms. The average Bonchev–Trinajstić information content (AvgIpc) is 3.03. The fourth-order valence-electron chi connectivity index (χ4n) is 2.92. The van der Waals surface area contributed by atoms with Crippen LogP contribution in [-0.4, -0.2) is 50.1 Å². The summed E-state index contributed by atoms with van der Waals surface area (Å²) in [7, 11) is -0.215. The van der Waals surface area contributed by atoms with Gasteiger partial charge in [0.05, 0.1) is 23.8 Å². The van der Waals surface area contributed by atoms with E-state index in [2.05, 4.69) is 5.32 Å². The second-order valence-electron chi connectivity index (χ2n) is 7.15. The number of furan rings is 1. The van der Waals surface area contributed by atoms with Crippen molar-refractivity contribution in [1.29, 1.82) is 0 Å². The molecule has 1 atom stereocenters. The van der Waals surface area contributed by atoms with Crippen molar-refractivity contribution in [2.45, 2.75) is 31.4 Å². The zero-order chi connectivity index (χ0) is 22.5. The number of hydrogen-bond acceptors (Lipinski definition) is 6. The molecule has 1 aromatic heterocycles. The number of carboxylic acid groups (broad SMARTS) is 1. The van der Waals surface area contributed by atoms with Crippen molar-refractivity contribution in [2.24, 2.45) is 0 Å². The molecule has 0 fully saturated rings. The second-order valence-corrected chi connectivity index (χ2v) is 9.11. The fourth-order valence-corrected chi connectivity index (χ4v) is 3.98. The molecule has 0 saturated carbocycles. The Morgan fingerprint density at radius 1 is 1.23 bits per heavy atom. The molecule has 1 amide bonds. The molecule has 162 valence electrons.